The van der Waals surface area contributed by atoms with Crippen LogP contribution in [0.4, 0.5) is 5.69 Å². The Bertz CT molecular complexity index is 940. The first-order valence-corrected chi connectivity index (χ1v) is 12.9. The fourth-order valence-electron chi connectivity index (χ4n) is 4.67. The third-order valence-electron chi connectivity index (χ3n) is 6.43. The predicted molar refractivity (Wildman–Crippen MR) is 122 cm³/mol. The second-order valence-corrected chi connectivity index (χ2v) is 11.3. The summed E-state index contributed by atoms with van der Waals surface area (Å²) in [6, 6.07) is 5.86. The van der Waals surface area contributed by atoms with E-state index in [2.05, 4.69) is 5.32 Å². The highest BCUT2D eigenvalue weighted by Crippen LogP contribution is 2.34. The number of rotatable bonds is 6. The molecule has 7 nitrogen and oxygen atoms in total. The molecule has 1 aromatic rings. The minimum atomic E-state index is -3.62. The third-order valence-corrected chi connectivity index (χ3v) is 8.40. The molecule has 2 aliphatic rings. The number of benzene rings is 1. The van der Waals surface area contributed by atoms with Crippen LogP contribution < -0.4 is 10.2 Å². The van der Waals surface area contributed by atoms with E-state index in [0.29, 0.717) is 12.1 Å². The Morgan fingerprint density at radius 3 is 2.52 bits per heavy atom. The lowest BCUT2D eigenvalue weighted by atomic mass is 9.90. The summed E-state index contributed by atoms with van der Waals surface area (Å²) in [5.74, 6) is -0.699. The number of carbonyl (C=O) groups is 2. The van der Waals surface area contributed by atoms with Crippen LogP contribution in [-0.4, -0.2) is 55.0 Å². The molecule has 1 heterocycles. The van der Waals surface area contributed by atoms with Crippen molar-refractivity contribution in [3.63, 3.8) is 0 Å². The quantitative estimate of drug-likeness (QED) is 0.723. The maximum atomic E-state index is 13.6. The Balaban J connectivity index is 2.02. The lowest BCUT2D eigenvalue weighted by Gasteiger charge is -2.47. The second kappa shape index (κ2) is 9.28. The summed E-state index contributed by atoms with van der Waals surface area (Å²) in [6.45, 7) is 7.03. The van der Waals surface area contributed by atoms with Gasteiger partial charge in [-0.1, -0.05) is 38.3 Å². The van der Waals surface area contributed by atoms with Crippen LogP contribution in [0.25, 0.3) is 0 Å². The van der Waals surface area contributed by atoms with E-state index >= 15 is 0 Å². The van der Waals surface area contributed by atoms with Gasteiger partial charge in [0.05, 0.1) is 12.3 Å². The second-order valence-electron chi connectivity index (χ2n) is 9.19. The minimum Gasteiger partial charge on any atom is -0.351 e. The van der Waals surface area contributed by atoms with Crippen molar-refractivity contribution in [2.45, 2.75) is 77.8 Å². The lowest BCUT2D eigenvalue weighted by molar-refractivity contribution is -0.133. The molecular formula is C23H35N3O4S. The number of carbonyl (C=O) groups excluding carboxylic acids is 2. The van der Waals surface area contributed by atoms with Crippen LogP contribution in [0.2, 0.25) is 0 Å². The smallest absolute Gasteiger partial charge is 0.247 e. The first kappa shape index (κ1) is 23.7. The van der Waals surface area contributed by atoms with E-state index in [0.717, 1.165) is 36.8 Å². The molecule has 0 aromatic heterocycles. The minimum absolute atomic E-state index is 0.0376. The summed E-state index contributed by atoms with van der Waals surface area (Å²) in [5.41, 5.74) is 1.19. The largest absolute Gasteiger partial charge is 0.351 e. The zero-order valence-corrected chi connectivity index (χ0v) is 19.9. The molecule has 0 spiro atoms. The number of aryl methyl sites for hydroxylation is 2. The Morgan fingerprint density at radius 1 is 1.19 bits per heavy atom. The molecule has 1 saturated carbocycles. The van der Waals surface area contributed by atoms with E-state index < -0.39 is 15.6 Å². The van der Waals surface area contributed by atoms with Gasteiger partial charge in [-0.25, -0.2) is 8.42 Å². The first-order valence-electron chi connectivity index (χ1n) is 11.3. The number of anilines is 1. The van der Waals surface area contributed by atoms with E-state index in [-0.39, 0.29) is 36.7 Å². The van der Waals surface area contributed by atoms with Crippen LogP contribution in [0.1, 0.15) is 63.5 Å². The summed E-state index contributed by atoms with van der Waals surface area (Å²) in [7, 11) is -3.62. The fourth-order valence-corrected chi connectivity index (χ4v) is 6.20. The van der Waals surface area contributed by atoms with Crippen LogP contribution in [0, 0.1) is 13.8 Å². The molecule has 31 heavy (non-hydrogen) atoms. The number of hydrogen-bond donors (Lipinski definition) is 1. The molecule has 1 atom stereocenters. The monoisotopic (exact) mass is 449 g/mol. The van der Waals surface area contributed by atoms with Gasteiger partial charge >= 0.3 is 0 Å². The standard InChI is InChI=1S/C23H35N3O4S/c1-5-13-31(29,30)25-15-21(27)26(20-14-17(2)11-12-18(20)3)23(4,16-25)22(28)24-19-9-7-6-8-10-19/h11-12,14,19H,5-10,13,15-16H2,1-4H3,(H,24,28). The van der Waals surface area contributed by atoms with Crippen LogP contribution in [0.5, 0.6) is 0 Å². The van der Waals surface area contributed by atoms with Gasteiger partial charge in [-0.05, 0) is 57.2 Å². The predicted octanol–water partition coefficient (Wildman–Crippen LogP) is 2.90. The molecule has 1 saturated heterocycles. The van der Waals surface area contributed by atoms with Gasteiger partial charge < -0.3 is 5.32 Å². The number of hydrogen-bond acceptors (Lipinski definition) is 4. The Morgan fingerprint density at radius 2 is 1.87 bits per heavy atom. The normalized spacial score (nSPS) is 23.7. The zero-order chi connectivity index (χ0) is 22.8. The topological polar surface area (TPSA) is 86.8 Å². The maximum Gasteiger partial charge on any atom is 0.247 e. The Kier molecular flexibility index (Phi) is 7.11. The molecule has 1 aliphatic heterocycles. The molecule has 172 valence electrons. The van der Waals surface area contributed by atoms with Gasteiger partial charge in [0.1, 0.15) is 5.54 Å². The van der Waals surface area contributed by atoms with Crippen molar-refractivity contribution in [2.24, 2.45) is 0 Å². The summed E-state index contributed by atoms with van der Waals surface area (Å²) in [5, 5.41) is 3.13. The molecule has 8 heteroatoms. The molecule has 3 rings (SSSR count). The van der Waals surface area contributed by atoms with E-state index in [1.807, 2.05) is 32.0 Å². The highest BCUT2D eigenvalue weighted by Gasteiger charge is 2.51. The van der Waals surface area contributed by atoms with Gasteiger partial charge in [-0.2, -0.15) is 4.31 Å². The average molecular weight is 450 g/mol. The zero-order valence-electron chi connectivity index (χ0n) is 19.1. The molecular weight excluding hydrogens is 414 g/mol. The number of nitrogens with zero attached hydrogens (tertiary/aromatic N) is 2. The number of piperazine rings is 1. The maximum absolute atomic E-state index is 13.6. The Labute approximate surface area is 186 Å². The SMILES string of the molecule is CCCS(=O)(=O)N1CC(=O)N(c2cc(C)ccc2C)C(C)(C(=O)NC2CCCCC2)C1. The molecule has 2 amide bonds. The van der Waals surface area contributed by atoms with Crippen LogP contribution in [0.3, 0.4) is 0 Å². The van der Waals surface area contributed by atoms with Crippen molar-refractivity contribution >= 4 is 27.5 Å². The fraction of sp³-hybridized carbons (Fsp3) is 0.652. The molecule has 1 aliphatic carbocycles. The third kappa shape index (κ3) is 4.95. The highest BCUT2D eigenvalue weighted by atomic mass is 32.2. The number of sulfonamides is 1. The van der Waals surface area contributed by atoms with E-state index in [1.165, 1.54) is 15.6 Å². The van der Waals surface area contributed by atoms with E-state index in [9.17, 15) is 18.0 Å². The van der Waals surface area contributed by atoms with Gasteiger partial charge in [0.15, 0.2) is 0 Å². The van der Waals surface area contributed by atoms with Crippen molar-refractivity contribution in [2.75, 3.05) is 23.7 Å². The Hall–Kier alpha value is -1.93. The molecule has 0 bridgehead atoms. The van der Waals surface area contributed by atoms with Crippen molar-refractivity contribution in [1.29, 1.82) is 0 Å². The van der Waals surface area contributed by atoms with E-state index in [1.54, 1.807) is 13.8 Å². The van der Waals surface area contributed by atoms with Crippen LogP contribution in [-0.2, 0) is 19.6 Å². The molecule has 0 radical (unpaired) electrons. The summed E-state index contributed by atoms with van der Waals surface area (Å²) in [6.07, 6.45) is 5.59. The van der Waals surface area contributed by atoms with Crippen molar-refractivity contribution < 1.29 is 18.0 Å². The van der Waals surface area contributed by atoms with Crippen LogP contribution in [0.15, 0.2) is 18.2 Å². The average Bonchev–Trinajstić information content (AvgIpc) is 2.70. The molecule has 1 N–H and O–H groups in total. The molecule has 1 aromatic carbocycles. The van der Waals surface area contributed by atoms with Crippen LogP contribution >= 0.6 is 0 Å². The summed E-state index contributed by atoms with van der Waals surface area (Å²) in [4.78, 5) is 28.5. The summed E-state index contributed by atoms with van der Waals surface area (Å²) >= 11 is 0. The van der Waals surface area contributed by atoms with Crippen molar-refractivity contribution in [1.82, 2.24) is 9.62 Å². The van der Waals surface area contributed by atoms with Gasteiger partial charge in [0, 0.05) is 18.3 Å². The number of nitrogens with one attached hydrogen (secondary N) is 1. The van der Waals surface area contributed by atoms with Gasteiger partial charge in [0.25, 0.3) is 0 Å². The van der Waals surface area contributed by atoms with E-state index in [4.69, 9.17) is 0 Å². The number of amides is 2. The first-order chi connectivity index (χ1) is 14.6. The lowest BCUT2D eigenvalue weighted by Crippen LogP contribution is -2.71. The summed E-state index contributed by atoms with van der Waals surface area (Å²) < 4.78 is 26.8. The van der Waals surface area contributed by atoms with Gasteiger partial charge in [-0.3, -0.25) is 14.5 Å². The molecule has 1 unspecified atom stereocenters. The van der Waals surface area contributed by atoms with Gasteiger partial charge in [0.2, 0.25) is 21.8 Å². The van der Waals surface area contributed by atoms with Crippen molar-refractivity contribution in [3.05, 3.63) is 29.3 Å². The molecule has 2 fully saturated rings. The van der Waals surface area contributed by atoms with Gasteiger partial charge in [-0.15, -0.1) is 0 Å². The highest BCUT2D eigenvalue weighted by molar-refractivity contribution is 7.89. The van der Waals surface area contributed by atoms with Crippen molar-refractivity contribution in [3.8, 4) is 0 Å².